The molecule has 1 saturated heterocycles. The Labute approximate surface area is 180 Å². The first-order chi connectivity index (χ1) is 15.0. The van der Waals surface area contributed by atoms with E-state index in [0.29, 0.717) is 25.2 Å². The average molecular weight is 420 g/mol. The number of carbonyl (C=O) groups is 2. The quantitative estimate of drug-likeness (QED) is 0.617. The van der Waals surface area contributed by atoms with Crippen molar-refractivity contribution in [1.29, 1.82) is 0 Å². The molecule has 0 aliphatic carbocycles. The molecule has 2 N–H and O–H groups in total. The van der Waals surface area contributed by atoms with Gasteiger partial charge in [0, 0.05) is 11.3 Å². The molecule has 0 bridgehead atoms. The van der Waals surface area contributed by atoms with E-state index in [1.807, 2.05) is 49.1 Å². The highest BCUT2D eigenvalue weighted by molar-refractivity contribution is 5.95. The van der Waals surface area contributed by atoms with Crippen LogP contribution in [-0.4, -0.2) is 69.6 Å². The first-order valence-corrected chi connectivity index (χ1v) is 10.3. The number of nitrogens with one attached hydrogen (secondary N) is 2. The second-order valence-electron chi connectivity index (χ2n) is 7.82. The number of hydrogen-bond donors (Lipinski definition) is 2. The zero-order valence-electron chi connectivity index (χ0n) is 17.7. The summed E-state index contributed by atoms with van der Waals surface area (Å²) in [5.41, 5.74) is 4.44. The second kappa shape index (κ2) is 9.05. The maximum atomic E-state index is 12.9. The minimum atomic E-state index is -0.0196. The minimum absolute atomic E-state index is 0.00220. The lowest BCUT2D eigenvalue weighted by atomic mass is 10.1. The lowest BCUT2D eigenvalue weighted by molar-refractivity contribution is -0.895. The van der Waals surface area contributed by atoms with E-state index in [9.17, 15) is 9.59 Å². The van der Waals surface area contributed by atoms with Crippen molar-refractivity contribution in [2.24, 2.45) is 0 Å². The summed E-state index contributed by atoms with van der Waals surface area (Å²) in [5, 5.41) is 14.1. The molecule has 31 heavy (non-hydrogen) atoms. The van der Waals surface area contributed by atoms with Gasteiger partial charge < -0.3 is 15.1 Å². The third kappa shape index (κ3) is 4.77. The lowest BCUT2D eigenvalue weighted by Crippen LogP contribution is -3.15. The zero-order valence-corrected chi connectivity index (χ0v) is 17.7. The van der Waals surface area contributed by atoms with E-state index in [1.54, 1.807) is 12.1 Å². The van der Waals surface area contributed by atoms with Crippen LogP contribution in [0.1, 0.15) is 21.5 Å². The monoisotopic (exact) mass is 420 g/mol. The number of anilines is 1. The molecule has 9 heteroatoms. The predicted molar refractivity (Wildman–Crippen MR) is 115 cm³/mol. The van der Waals surface area contributed by atoms with Gasteiger partial charge in [0.1, 0.15) is 6.33 Å². The summed E-state index contributed by atoms with van der Waals surface area (Å²) in [6.07, 6.45) is 1.50. The minimum Gasteiger partial charge on any atom is -0.327 e. The van der Waals surface area contributed by atoms with Crippen molar-refractivity contribution in [3.63, 3.8) is 0 Å². The molecule has 0 radical (unpaired) electrons. The number of amides is 2. The Morgan fingerprint density at radius 3 is 2.61 bits per heavy atom. The summed E-state index contributed by atoms with van der Waals surface area (Å²) in [6, 6.07) is 13.2. The normalized spacial score (nSPS) is 14.5. The van der Waals surface area contributed by atoms with Crippen LogP contribution in [-0.2, 0) is 4.79 Å². The number of aromatic nitrogens is 4. The Morgan fingerprint density at radius 2 is 1.87 bits per heavy atom. The predicted octanol–water partition coefficient (Wildman–Crippen LogP) is 0.259. The van der Waals surface area contributed by atoms with Crippen LogP contribution in [0.3, 0.4) is 0 Å². The van der Waals surface area contributed by atoms with Gasteiger partial charge in [-0.05, 0) is 59.7 Å². The summed E-state index contributed by atoms with van der Waals surface area (Å²) in [5.74, 6) is -0.0218. The first kappa shape index (κ1) is 20.7. The van der Waals surface area contributed by atoms with Gasteiger partial charge in [-0.25, -0.2) is 4.68 Å². The van der Waals surface area contributed by atoms with Crippen LogP contribution in [0.25, 0.3) is 5.69 Å². The van der Waals surface area contributed by atoms with Gasteiger partial charge in [0.25, 0.3) is 11.8 Å². The Balaban J connectivity index is 1.31. The molecule has 2 amide bonds. The van der Waals surface area contributed by atoms with Crippen LogP contribution in [0, 0.1) is 13.8 Å². The molecule has 2 heterocycles. The van der Waals surface area contributed by atoms with Crippen LogP contribution < -0.4 is 10.2 Å². The van der Waals surface area contributed by atoms with Gasteiger partial charge in [0.2, 0.25) is 0 Å². The van der Waals surface area contributed by atoms with E-state index < -0.39 is 0 Å². The SMILES string of the molecule is Cc1cccc(NC(=O)C[NH+]2CCN(C(=O)c3cccc(-n4cnnn4)c3)CC2)c1C. The van der Waals surface area contributed by atoms with E-state index in [4.69, 9.17) is 0 Å². The van der Waals surface area contributed by atoms with Crippen molar-refractivity contribution in [1.82, 2.24) is 25.1 Å². The molecule has 0 saturated carbocycles. The topological polar surface area (TPSA) is 97.5 Å². The Bertz CT molecular complexity index is 1070. The Hall–Kier alpha value is -3.59. The molecular formula is C22H26N7O2+. The van der Waals surface area contributed by atoms with Gasteiger partial charge in [0.05, 0.1) is 31.9 Å². The number of piperazine rings is 1. The number of nitrogens with zero attached hydrogens (tertiary/aromatic N) is 5. The second-order valence-corrected chi connectivity index (χ2v) is 7.82. The van der Waals surface area contributed by atoms with Gasteiger partial charge in [-0.2, -0.15) is 0 Å². The molecular weight excluding hydrogens is 394 g/mol. The molecule has 1 aliphatic rings. The number of hydrogen-bond acceptors (Lipinski definition) is 5. The molecule has 0 unspecified atom stereocenters. The van der Waals surface area contributed by atoms with Crippen molar-refractivity contribution in [2.45, 2.75) is 13.8 Å². The highest BCUT2D eigenvalue weighted by atomic mass is 16.2. The largest absolute Gasteiger partial charge is 0.327 e. The van der Waals surface area contributed by atoms with Crippen LogP contribution >= 0.6 is 0 Å². The summed E-state index contributed by atoms with van der Waals surface area (Å²) in [7, 11) is 0. The fraction of sp³-hybridized carbons (Fsp3) is 0.318. The van der Waals surface area contributed by atoms with Gasteiger partial charge >= 0.3 is 0 Å². The number of carbonyl (C=O) groups excluding carboxylic acids is 2. The maximum absolute atomic E-state index is 12.9. The number of aryl methyl sites for hydroxylation is 1. The average Bonchev–Trinajstić information content (AvgIpc) is 3.32. The van der Waals surface area contributed by atoms with Crippen LogP contribution in [0.15, 0.2) is 48.8 Å². The van der Waals surface area contributed by atoms with Crippen LogP contribution in [0.5, 0.6) is 0 Å². The molecule has 0 spiro atoms. The Morgan fingerprint density at radius 1 is 1.10 bits per heavy atom. The van der Waals surface area contributed by atoms with E-state index in [1.165, 1.54) is 15.9 Å². The summed E-state index contributed by atoms with van der Waals surface area (Å²) < 4.78 is 1.52. The van der Waals surface area contributed by atoms with Crippen molar-refractivity contribution in [2.75, 3.05) is 38.0 Å². The summed E-state index contributed by atoms with van der Waals surface area (Å²) >= 11 is 0. The highest BCUT2D eigenvalue weighted by Crippen LogP contribution is 2.17. The number of benzene rings is 2. The Kier molecular flexibility index (Phi) is 6.03. The molecule has 1 aromatic heterocycles. The van der Waals surface area contributed by atoms with Crippen molar-refractivity contribution in [3.8, 4) is 5.69 Å². The van der Waals surface area contributed by atoms with Gasteiger partial charge in [-0.3, -0.25) is 9.59 Å². The van der Waals surface area contributed by atoms with Gasteiger partial charge in [0.15, 0.2) is 6.54 Å². The van der Waals surface area contributed by atoms with Crippen molar-refractivity contribution >= 4 is 17.5 Å². The fourth-order valence-electron chi connectivity index (χ4n) is 3.75. The van der Waals surface area contributed by atoms with E-state index in [-0.39, 0.29) is 11.8 Å². The molecule has 0 atom stereocenters. The number of rotatable bonds is 5. The molecule has 4 rings (SSSR count). The fourth-order valence-corrected chi connectivity index (χ4v) is 3.75. The highest BCUT2D eigenvalue weighted by Gasteiger charge is 2.26. The van der Waals surface area contributed by atoms with Crippen molar-refractivity contribution < 1.29 is 14.5 Å². The van der Waals surface area contributed by atoms with Crippen molar-refractivity contribution in [3.05, 3.63) is 65.5 Å². The lowest BCUT2D eigenvalue weighted by Gasteiger charge is -2.32. The molecule has 9 nitrogen and oxygen atoms in total. The number of tetrazole rings is 1. The van der Waals surface area contributed by atoms with Gasteiger partial charge in [-0.1, -0.05) is 18.2 Å². The molecule has 1 fully saturated rings. The van der Waals surface area contributed by atoms with Crippen LogP contribution in [0.2, 0.25) is 0 Å². The number of quaternary nitrogens is 1. The standard InChI is InChI=1S/C22H25N7O2/c1-16-5-3-8-20(17(16)2)24-21(30)14-27-9-11-28(12-10-27)22(31)18-6-4-7-19(13-18)29-15-23-25-26-29/h3-8,13,15H,9-12,14H2,1-2H3,(H,24,30)/p+1. The van der Waals surface area contributed by atoms with E-state index in [2.05, 4.69) is 20.8 Å². The van der Waals surface area contributed by atoms with E-state index in [0.717, 1.165) is 35.6 Å². The van der Waals surface area contributed by atoms with E-state index >= 15 is 0 Å². The molecule has 160 valence electrons. The third-order valence-corrected chi connectivity index (χ3v) is 5.75. The zero-order chi connectivity index (χ0) is 21.8. The molecule has 1 aliphatic heterocycles. The first-order valence-electron chi connectivity index (χ1n) is 10.3. The molecule has 2 aromatic carbocycles. The summed E-state index contributed by atoms with van der Waals surface area (Å²) in [6.45, 7) is 7.13. The molecule has 3 aromatic rings. The smallest absolute Gasteiger partial charge is 0.279 e. The summed E-state index contributed by atoms with van der Waals surface area (Å²) in [4.78, 5) is 28.5. The third-order valence-electron chi connectivity index (χ3n) is 5.75. The maximum Gasteiger partial charge on any atom is 0.279 e. The van der Waals surface area contributed by atoms with Crippen LogP contribution in [0.4, 0.5) is 5.69 Å². The van der Waals surface area contributed by atoms with Gasteiger partial charge in [-0.15, -0.1) is 5.10 Å².